The minimum atomic E-state index is -0.633. The lowest BCUT2D eigenvalue weighted by Gasteiger charge is -2.34. The Kier molecular flexibility index (Phi) is 2.35. The van der Waals surface area contributed by atoms with E-state index in [0.29, 0.717) is 17.9 Å². The van der Waals surface area contributed by atoms with Crippen LogP contribution < -0.4 is 11.5 Å². The molecular formula is C12H20N2O2. The first-order chi connectivity index (χ1) is 7.63. The van der Waals surface area contributed by atoms with Gasteiger partial charge in [0.1, 0.15) is 6.10 Å². The van der Waals surface area contributed by atoms with Gasteiger partial charge < -0.3 is 16.2 Å². The molecule has 0 saturated heterocycles. The highest BCUT2D eigenvalue weighted by molar-refractivity contribution is 5.64. The summed E-state index contributed by atoms with van der Waals surface area (Å²) in [6.45, 7) is 0. The van der Waals surface area contributed by atoms with Gasteiger partial charge >= 0.3 is 6.09 Å². The molecule has 3 saturated carbocycles. The van der Waals surface area contributed by atoms with Gasteiger partial charge in [-0.3, -0.25) is 0 Å². The summed E-state index contributed by atoms with van der Waals surface area (Å²) in [5, 5.41) is 0. The number of carbonyl (C=O) groups is 1. The molecule has 3 aliphatic rings. The fourth-order valence-corrected chi connectivity index (χ4v) is 4.37. The van der Waals surface area contributed by atoms with E-state index in [1.165, 1.54) is 19.3 Å². The van der Waals surface area contributed by atoms with E-state index in [4.69, 9.17) is 16.2 Å². The molecule has 6 atom stereocenters. The van der Waals surface area contributed by atoms with Crippen molar-refractivity contribution in [3.8, 4) is 0 Å². The van der Waals surface area contributed by atoms with Crippen LogP contribution in [0.1, 0.15) is 32.1 Å². The Morgan fingerprint density at radius 2 is 1.44 bits per heavy atom. The molecular weight excluding hydrogens is 204 g/mol. The molecule has 0 spiro atoms. The number of amides is 1. The van der Waals surface area contributed by atoms with E-state index in [1.807, 2.05) is 0 Å². The molecule has 0 aromatic heterocycles. The Balaban J connectivity index is 1.78. The van der Waals surface area contributed by atoms with E-state index in [0.717, 1.165) is 24.7 Å². The monoisotopic (exact) mass is 224 g/mol. The molecule has 3 fully saturated rings. The van der Waals surface area contributed by atoms with Crippen LogP contribution in [-0.2, 0) is 4.74 Å². The van der Waals surface area contributed by atoms with Crippen LogP contribution in [0.5, 0.6) is 0 Å². The zero-order valence-corrected chi connectivity index (χ0v) is 9.47. The maximum absolute atomic E-state index is 10.8. The number of hydrogen-bond donors (Lipinski definition) is 2. The molecule has 3 aliphatic carbocycles. The second-order valence-corrected chi connectivity index (χ2v) is 5.86. The van der Waals surface area contributed by atoms with Crippen LogP contribution in [0, 0.1) is 23.7 Å². The fourth-order valence-electron chi connectivity index (χ4n) is 4.37. The third-order valence-electron chi connectivity index (χ3n) is 4.99. The van der Waals surface area contributed by atoms with Gasteiger partial charge in [0.15, 0.2) is 0 Å². The minimum Gasteiger partial charge on any atom is -0.446 e. The smallest absolute Gasteiger partial charge is 0.404 e. The maximum Gasteiger partial charge on any atom is 0.404 e. The predicted molar refractivity (Wildman–Crippen MR) is 59.5 cm³/mol. The SMILES string of the molecule is NC(=O)O[C@@H]1CC2CC3CC2CC(C1)[C@H]3N. The molecule has 4 heteroatoms. The van der Waals surface area contributed by atoms with Crippen LogP contribution in [0.4, 0.5) is 4.79 Å². The van der Waals surface area contributed by atoms with E-state index >= 15 is 0 Å². The lowest BCUT2D eigenvalue weighted by atomic mass is 9.76. The summed E-state index contributed by atoms with van der Waals surface area (Å²) in [7, 11) is 0. The summed E-state index contributed by atoms with van der Waals surface area (Å²) in [4.78, 5) is 10.8. The lowest BCUT2D eigenvalue weighted by molar-refractivity contribution is 0.0691. The van der Waals surface area contributed by atoms with Crippen LogP contribution >= 0.6 is 0 Å². The summed E-state index contributed by atoms with van der Waals surface area (Å²) >= 11 is 0. The zero-order valence-electron chi connectivity index (χ0n) is 9.47. The third kappa shape index (κ3) is 1.59. The van der Waals surface area contributed by atoms with Crippen LogP contribution in [0.25, 0.3) is 0 Å². The fraction of sp³-hybridized carbons (Fsp3) is 0.917. The molecule has 0 aromatic carbocycles. The zero-order chi connectivity index (χ0) is 11.3. The summed E-state index contributed by atoms with van der Waals surface area (Å²) in [5.74, 6) is 2.81. The molecule has 3 bridgehead atoms. The number of hydrogen-bond acceptors (Lipinski definition) is 3. The van der Waals surface area contributed by atoms with Crippen LogP contribution in [0.15, 0.2) is 0 Å². The van der Waals surface area contributed by atoms with Gasteiger partial charge in [-0.1, -0.05) is 0 Å². The van der Waals surface area contributed by atoms with Gasteiger partial charge in [-0.2, -0.15) is 0 Å². The molecule has 4 N–H and O–H groups in total. The van der Waals surface area contributed by atoms with Gasteiger partial charge in [0.05, 0.1) is 0 Å². The third-order valence-corrected chi connectivity index (χ3v) is 4.99. The molecule has 0 aliphatic heterocycles. The minimum absolute atomic E-state index is 0.0163. The van der Waals surface area contributed by atoms with Gasteiger partial charge in [0.25, 0.3) is 0 Å². The van der Waals surface area contributed by atoms with Crippen molar-refractivity contribution < 1.29 is 9.53 Å². The van der Waals surface area contributed by atoms with E-state index < -0.39 is 6.09 Å². The highest BCUT2D eigenvalue weighted by Crippen LogP contribution is 2.53. The van der Waals surface area contributed by atoms with Gasteiger partial charge in [0, 0.05) is 6.04 Å². The predicted octanol–water partition coefficient (Wildman–Crippen LogP) is 1.23. The first kappa shape index (κ1) is 10.4. The second kappa shape index (κ2) is 3.62. The van der Waals surface area contributed by atoms with E-state index in [-0.39, 0.29) is 6.10 Å². The number of fused-ring (bicyclic) bond motifs is 2. The van der Waals surface area contributed by atoms with E-state index in [2.05, 4.69) is 0 Å². The standard InChI is InChI=1S/C12H20N2O2/c13-11-8-1-6-2-9(11)5-10(16-12(14)15)4-7(6)3-8/h6-11H,1-5,13H2,(H2,14,15)/t6?,7?,8?,9?,10-,11+/m1/s1. The normalized spacial score (nSPS) is 50.1. The summed E-state index contributed by atoms with van der Waals surface area (Å²) in [6, 6.07) is 0.320. The van der Waals surface area contributed by atoms with Crippen LogP contribution in [0.3, 0.4) is 0 Å². The number of primary amides is 1. The molecule has 1 amide bonds. The molecule has 0 aromatic rings. The van der Waals surface area contributed by atoms with Gasteiger partial charge in [-0.15, -0.1) is 0 Å². The van der Waals surface area contributed by atoms with Crippen LogP contribution in [0.2, 0.25) is 0 Å². The molecule has 4 unspecified atom stereocenters. The van der Waals surface area contributed by atoms with Crippen molar-refractivity contribution in [3.63, 3.8) is 0 Å². The quantitative estimate of drug-likeness (QED) is 0.703. The molecule has 0 radical (unpaired) electrons. The Labute approximate surface area is 95.7 Å². The van der Waals surface area contributed by atoms with Crippen molar-refractivity contribution in [2.24, 2.45) is 35.1 Å². The highest BCUT2D eigenvalue weighted by Gasteiger charge is 2.49. The van der Waals surface area contributed by atoms with Crippen LogP contribution in [-0.4, -0.2) is 18.2 Å². The first-order valence-corrected chi connectivity index (χ1v) is 6.35. The first-order valence-electron chi connectivity index (χ1n) is 6.35. The van der Waals surface area contributed by atoms with E-state index in [1.54, 1.807) is 0 Å². The summed E-state index contributed by atoms with van der Waals surface area (Å²) < 4.78 is 5.21. The van der Waals surface area contributed by atoms with Crippen molar-refractivity contribution in [2.45, 2.75) is 44.2 Å². The Bertz CT molecular complexity index is 307. The van der Waals surface area contributed by atoms with E-state index in [9.17, 15) is 4.79 Å². The Morgan fingerprint density at radius 3 is 2.06 bits per heavy atom. The molecule has 16 heavy (non-hydrogen) atoms. The maximum atomic E-state index is 10.8. The molecule has 90 valence electrons. The molecule has 0 heterocycles. The Morgan fingerprint density at radius 1 is 0.938 bits per heavy atom. The number of nitrogens with two attached hydrogens (primary N) is 2. The van der Waals surface area contributed by atoms with Crippen molar-refractivity contribution in [3.05, 3.63) is 0 Å². The summed E-state index contributed by atoms with van der Waals surface area (Å²) in [5.41, 5.74) is 11.4. The second-order valence-electron chi connectivity index (χ2n) is 5.86. The topological polar surface area (TPSA) is 78.3 Å². The molecule has 4 nitrogen and oxygen atoms in total. The average Bonchev–Trinajstić information content (AvgIpc) is 2.46. The van der Waals surface area contributed by atoms with Crippen molar-refractivity contribution in [1.82, 2.24) is 0 Å². The molecule has 3 rings (SSSR count). The number of carbonyl (C=O) groups excluding carboxylic acids is 1. The average molecular weight is 224 g/mol. The largest absolute Gasteiger partial charge is 0.446 e. The van der Waals surface area contributed by atoms with Crippen molar-refractivity contribution in [2.75, 3.05) is 0 Å². The highest BCUT2D eigenvalue weighted by atomic mass is 16.6. The van der Waals surface area contributed by atoms with Crippen molar-refractivity contribution in [1.29, 1.82) is 0 Å². The number of ether oxygens (including phenoxy) is 1. The summed E-state index contributed by atoms with van der Waals surface area (Å²) in [6.07, 6.45) is 5.09. The lowest BCUT2D eigenvalue weighted by Crippen LogP contribution is -2.41. The van der Waals surface area contributed by atoms with Gasteiger partial charge in [0.2, 0.25) is 0 Å². The van der Waals surface area contributed by atoms with Gasteiger partial charge in [-0.05, 0) is 55.8 Å². The van der Waals surface area contributed by atoms with Crippen molar-refractivity contribution >= 4 is 6.09 Å². The van der Waals surface area contributed by atoms with Gasteiger partial charge in [-0.25, -0.2) is 4.79 Å². The Hall–Kier alpha value is -0.770. The number of rotatable bonds is 1.